The van der Waals surface area contributed by atoms with Gasteiger partial charge in [-0.25, -0.2) is 0 Å². The van der Waals surface area contributed by atoms with Crippen LogP contribution in [-0.2, 0) is 9.53 Å². The molecular weight excluding hydrogens is 312 g/mol. The number of benzene rings is 1. The molecule has 1 saturated heterocycles. The molecule has 2 amide bonds. The maximum Gasteiger partial charge on any atom is 0.253 e. The van der Waals surface area contributed by atoms with Crippen molar-refractivity contribution in [3.63, 3.8) is 0 Å². The Hall–Kier alpha value is -1.53. The van der Waals surface area contributed by atoms with Gasteiger partial charge in [-0.1, -0.05) is 0 Å². The average molecular weight is 334 g/mol. The van der Waals surface area contributed by atoms with Crippen molar-refractivity contribution in [1.29, 1.82) is 0 Å². The summed E-state index contributed by atoms with van der Waals surface area (Å²) in [6.07, 6.45) is 1.01. The molecule has 2 aliphatic rings. The van der Waals surface area contributed by atoms with Crippen LogP contribution in [0.1, 0.15) is 30.6 Å². The number of hydrogen-bond donors (Lipinski definition) is 1. The summed E-state index contributed by atoms with van der Waals surface area (Å²) in [4.78, 5) is 27.5. The van der Waals surface area contributed by atoms with E-state index in [1.54, 1.807) is 6.07 Å². The zero-order chi connectivity index (χ0) is 16.4. The van der Waals surface area contributed by atoms with Crippen LogP contribution in [0.3, 0.4) is 0 Å². The van der Waals surface area contributed by atoms with Gasteiger partial charge in [0.25, 0.3) is 5.91 Å². The van der Waals surface area contributed by atoms with Crippen LogP contribution >= 0.6 is 11.8 Å². The molecule has 0 bridgehead atoms. The second-order valence-electron chi connectivity index (χ2n) is 6.03. The number of ether oxygens (including phenoxy) is 1. The first kappa shape index (κ1) is 16.3. The third kappa shape index (κ3) is 3.53. The van der Waals surface area contributed by atoms with Crippen molar-refractivity contribution >= 4 is 29.3 Å². The molecule has 1 fully saturated rings. The Balaban J connectivity index is 1.76. The van der Waals surface area contributed by atoms with Crippen LogP contribution in [0.25, 0.3) is 0 Å². The minimum absolute atomic E-state index is 0.0115. The van der Waals surface area contributed by atoms with Crippen LogP contribution < -0.4 is 5.32 Å². The Morgan fingerprint density at radius 1 is 1.48 bits per heavy atom. The Kier molecular flexibility index (Phi) is 4.92. The van der Waals surface area contributed by atoms with Gasteiger partial charge in [0.05, 0.1) is 17.5 Å². The number of nitrogens with one attached hydrogen (secondary N) is 1. The molecule has 0 radical (unpaired) electrons. The van der Waals surface area contributed by atoms with E-state index in [1.807, 2.05) is 30.9 Å². The summed E-state index contributed by atoms with van der Waals surface area (Å²) in [5.41, 5.74) is 1.36. The average Bonchev–Trinajstić information content (AvgIpc) is 3.06. The summed E-state index contributed by atoms with van der Waals surface area (Å²) >= 11 is 1.53. The molecule has 23 heavy (non-hydrogen) atoms. The lowest BCUT2D eigenvalue weighted by Crippen LogP contribution is -2.35. The topological polar surface area (TPSA) is 58.6 Å². The number of nitrogens with zero attached hydrogens (tertiary/aromatic N) is 1. The minimum atomic E-state index is -0.0986. The van der Waals surface area contributed by atoms with Crippen molar-refractivity contribution in [1.82, 2.24) is 4.90 Å². The Morgan fingerprint density at radius 2 is 2.30 bits per heavy atom. The Bertz CT molecular complexity index is 614. The molecule has 0 aliphatic carbocycles. The summed E-state index contributed by atoms with van der Waals surface area (Å²) in [5.74, 6) is 0.426. The molecule has 2 atom stereocenters. The lowest BCUT2D eigenvalue weighted by Gasteiger charge is -2.25. The highest BCUT2D eigenvalue weighted by Crippen LogP contribution is 2.36. The summed E-state index contributed by atoms with van der Waals surface area (Å²) in [6.45, 7) is 6.79. The van der Waals surface area contributed by atoms with Gasteiger partial charge in [-0.05, 0) is 38.5 Å². The minimum Gasteiger partial charge on any atom is -0.381 e. The maximum atomic E-state index is 12.8. The highest BCUT2D eigenvalue weighted by atomic mass is 32.2. The molecule has 0 spiro atoms. The fraction of sp³-hybridized carbons (Fsp3) is 0.529. The fourth-order valence-electron chi connectivity index (χ4n) is 2.92. The van der Waals surface area contributed by atoms with Gasteiger partial charge in [-0.2, -0.15) is 0 Å². The molecule has 0 unspecified atom stereocenters. The van der Waals surface area contributed by atoms with Gasteiger partial charge in [-0.3, -0.25) is 9.59 Å². The second-order valence-corrected chi connectivity index (χ2v) is 7.42. The molecule has 5 nitrogen and oxygen atoms in total. The molecular formula is C17H22N2O3S. The smallest absolute Gasteiger partial charge is 0.253 e. The summed E-state index contributed by atoms with van der Waals surface area (Å²) < 4.78 is 5.40. The van der Waals surface area contributed by atoms with Gasteiger partial charge in [0.15, 0.2) is 0 Å². The van der Waals surface area contributed by atoms with Crippen LogP contribution in [0.2, 0.25) is 0 Å². The van der Waals surface area contributed by atoms with E-state index in [0.29, 0.717) is 18.0 Å². The molecule has 2 aliphatic heterocycles. The number of thioether (sulfide) groups is 1. The van der Waals surface area contributed by atoms with E-state index in [0.717, 1.165) is 36.8 Å². The van der Waals surface area contributed by atoms with Gasteiger partial charge in [-0.15, -0.1) is 11.8 Å². The first-order chi connectivity index (χ1) is 11.1. The number of anilines is 1. The van der Waals surface area contributed by atoms with Gasteiger partial charge in [0, 0.05) is 36.1 Å². The first-order valence-corrected chi connectivity index (χ1v) is 8.95. The zero-order valence-corrected chi connectivity index (χ0v) is 14.3. The van der Waals surface area contributed by atoms with Crippen LogP contribution in [0.4, 0.5) is 5.69 Å². The number of amides is 2. The Morgan fingerprint density at radius 3 is 3.00 bits per heavy atom. The third-order valence-corrected chi connectivity index (χ3v) is 5.51. The maximum absolute atomic E-state index is 12.8. The summed E-state index contributed by atoms with van der Waals surface area (Å²) in [6, 6.07) is 5.57. The molecule has 0 saturated carbocycles. The van der Waals surface area contributed by atoms with E-state index in [2.05, 4.69) is 5.32 Å². The highest BCUT2D eigenvalue weighted by molar-refractivity contribution is 8.00. The molecule has 6 heteroatoms. The molecule has 1 aromatic carbocycles. The number of fused-ring (bicyclic) bond motifs is 1. The predicted octanol–water partition coefficient (Wildman–Crippen LogP) is 2.62. The molecule has 1 aromatic rings. The lowest BCUT2D eigenvalue weighted by atomic mass is 10.1. The normalized spacial score (nSPS) is 23.3. The van der Waals surface area contributed by atoms with E-state index in [9.17, 15) is 9.59 Å². The fourth-order valence-corrected chi connectivity index (χ4v) is 3.85. The van der Waals surface area contributed by atoms with Crippen LogP contribution in [0, 0.1) is 5.92 Å². The van der Waals surface area contributed by atoms with Crippen molar-refractivity contribution in [3.8, 4) is 0 Å². The SMILES string of the molecule is CCN(C[C@@H]1CCOC1)C(=O)c1ccc2c(c1)NC(=O)[C@H](C)S2. The lowest BCUT2D eigenvalue weighted by molar-refractivity contribution is -0.115. The van der Waals surface area contributed by atoms with Gasteiger partial charge < -0.3 is 15.0 Å². The number of carbonyl (C=O) groups excluding carboxylic acids is 2. The number of rotatable bonds is 4. The van der Waals surface area contributed by atoms with E-state index in [1.165, 1.54) is 11.8 Å². The zero-order valence-electron chi connectivity index (χ0n) is 13.5. The number of hydrogen-bond acceptors (Lipinski definition) is 4. The molecule has 124 valence electrons. The summed E-state index contributed by atoms with van der Waals surface area (Å²) in [5, 5.41) is 2.79. The highest BCUT2D eigenvalue weighted by Gasteiger charge is 2.26. The predicted molar refractivity (Wildman–Crippen MR) is 90.9 cm³/mol. The molecule has 3 rings (SSSR count). The second kappa shape index (κ2) is 6.93. The van der Waals surface area contributed by atoms with E-state index < -0.39 is 0 Å². The van der Waals surface area contributed by atoms with Crippen molar-refractivity contribution < 1.29 is 14.3 Å². The molecule has 0 aromatic heterocycles. The van der Waals surface area contributed by atoms with Crippen molar-refractivity contribution in [3.05, 3.63) is 23.8 Å². The summed E-state index contributed by atoms with van der Waals surface area (Å²) in [7, 11) is 0. The quantitative estimate of drug-likeness (QED) is 0.919. The van der Waals surface area contributed by atoms with E-state index in [-0.39, 0.29) is 17.1 Å². The van der Waals surface area contributed by atoms with Crippen molar-refractivity contribution in [2.24, 2.45) is 5.92 Å². The Labute approximate surface area is 140 Å². The monoisotopic (exact) mass is 334 g/mol. The van der Waals surface area contributed by atoms with Crippen LogP contribution in [0.15, 0.2) is 23.1 Å². The molecule has 2 heterocycles. The van der Waals surface area contributed by atoms with Crippen LogP contribution in [0.5, 0.6) is 0 Å². The molecule has 1 N–H and O–H groups in total. The van der Waals surface area contributed by atoms with Crippen LogP contribution in [-0.4, -0.2) is 48.3 Å². The van der Waals surface area contributed by atoms with Crippen molar-refractivity contribution in [2.75, 3.05) is 31.6 Å². The van der Waals surface area contributed by atoms with Crippen molar-refractivity contribution in [2.45, 2.75) is 30.4 Å². The third-order valence-electron chi connectivity index (χ3n) is 4.33. The standard InChI is InChI=1S/C17H22N2O3S/c1-3-19(9-12-6-7-22-10-12)17(21)13-4-5-15-14(8-13)18-16(20)11(2)23-15/h4-5,8,11-12H,3,6-7,9-10H2,1-2H3,(H,18,20)/t11-,12-/m0/s1. The van der Waals surface area contributed by atoms with Gasteiger partial charge in [0.2, 0.25) is 5.91 Å². The van der Waals surface area contributed by atoms with E-state index >= 15 is 0 Å². The van der Waals surface area contributed by atoms with E-state index in [4.69, 9.17) is 4.74 Å². The first-order valence-electron chi connectivity index (χ1n) is 8.07. The number of carbonyl (C=O) groups is 2. The van der Waals surface area contributed by atoms with Gasteiger partial charge >= 0.3 is 0 Å². The largest absolute Gasteiger partial charge is 0.381 e. The van der Waals surface area contributed by atoms with Gasteiger partial charge in [0.1, 0.15) is 0 Å².